The van der Waals surface area contributed by atoms with Crippen molar-refractivity contribution in [3.8, 4) is 0 Å². The molecule has 4 heteroatoms. The summed E-state index contributed by atoms with van der Waals surface area (Å²) in [4.78, 5) is 5.12. The molecule has 2 atom stereocenters. The Morgan fingerprint density at radius 3 is 3.40 bits per heavy atom. The Morgan fingerprint density at radius 2 is 2.60 bits per heavy atom. The summed E-state index contributed by atoms with van der Waals surface area (Å²) in [6, 6.07) is 0. The van der Waals surface area contributed by atoms with Crippen LogP contribution in [0, 0.1) is 5.92 Å². The molecule has 56 valence electrons. The van der Waals surface area contributed by atoms with E-state index in [1.165, 1.54) is 0 Å². The molecule has 2 heterocycles. The maximum atomic E-state index is 5.64. The molecule has 1 N–H and O–H groups in total. The van der Waals surface area contributed by atoms with Gasteiger partial charge in [0.1, 0.15) is 6.10 Å². The van der Waals surface area contributed by atoms with E-state index in [4.69, 9.17) is 16.4 Å². The molecular weight excluding hydrogens is 152 g/mol. The first-order chi connectivity index (χ1) is 4.92. The Hall–Kier alpha value is -0.280. The first kappa shape index (κ1) is 6.43. The zero-order chi connectivity index (χ0) is 6.97. The molecule has 0 unspecified atom stereocenters. The van der Waals surface area contributed by atoms with Crippen LogP contribution in [-0.4, -0.2) is 30.8 Å². The molecule has 0 radical (unpaired) electrons. The number of nitrogens with zero attached hydrogens (tertiary/aromatic N) is 1. The summed E-state index contributed by atoms with van der Waals surface area (Å²) in [6.07, 6.45) is 0.258. The predicted octanol–water partition coefficient (Wildman–Crippen LogP) is 0.199. The SMILES string of the molecule is ClCC1=NO[C@@H]2CNC[C@H]12. The van der Waals surface area contributed by atoms with Crippen molar-refractivity contribution in [2.75, 3.05) is 19.0 Å². The minimum atomic E-state index is 0.258. The summed E-state index contributed by atoms with van der Waals surface area (Å²) in [6.45, 7) is 1.88. The fourth-order valence-corrected chi connectivity index (χ4v) is 1.67. The van der Waals surface area contributed by atoms with Gasteiger partial charge in [0.25, 0.3) is 0 Å². The van der Waals surface area contributed by atoms with Gasteiger partial charge >= 0.3 is 0 Å². The van der Waals surface area contributed by atoms with Gasteiger partial charge in [-0.25, -0.2) is 0 Å². The van der Waals surface area contributed by atoms with Crippen molar-refractivity contribution in [2.45, 2.75) is 6.10 Å². The van der Waals surface area contributed by atoms with Gasteiger partial charge in [-0.3, -0.25) is 0 Å². The lowest BCUT2D eigenvalue weighted by Gasteiger charge is -2.03. The molecule has 0 aliphatic carbocycles. The molecule has 3 nitrogen and oxygen atoms in total. The van der Waals surface area contributed by atoms with Crippen LogP contribution in [0.4, 0.5) is 0 Å². The summed E-state index contributed by atoms with van der Waals surface area (Å²) < 4.78 is 0. The summed E-state index contributed by atoms with van der Waals surface area (Å²) in [7, 11) is 0. The van der Waals surface area contributed by atoms with Gasteiger partial charge in [0.2, 0.25) is 0 Å². The van der Waals surface area contributed by atoms with Crippen LogP contribution in [0.25, 0.3) is 0 Å². The Kier molecular flexibility index (Phi) is 1.54. The van der Waals surface area contributed by atoms with Crippen LogP contribution < -0.4 is 5.32 Å². The van der Waals surface area contributed by atoms with Crippen molar-refractivity contribution in [1.82, 2.24) is 5.32 Å². The number of hydrogen-bond acceptors (Lipinski definition) is 3. The molecule has 10 heavy (non-hydrogen) atoms. The zero-order valence-electron chi connectivity index (χ0n) is 5.51. The van der Waals surface area contributed by atoms with Gasteiger partial charge in [-0.05, 0) is 0 Å². The molecule has 0 aromatic heterocycles. The average Bonchev–Trinajstić information content (AvgIpc) is 2.44. The maximum absolute atomic E-state index is 5.64. The highest BCUT2D eigenvalue weighted by atomic mass is 35.5. The standard InChI is InChI=1S/C6H9ClN2O/c7-1-5-4-2-8-3-6(4)10-9-5/h4,6,8H,1-3H2/t4-,6-/m1/s1. The Balaban J connectivity index is 2.10. The summed E-state index contributed by atoms with van der Waals surface area (Å²) >= 11 is 5.64. The molecule has 2 aliphatic heterocycles. The Morgan fingerprint density at radius 1 is 1.70 bits per heavy atom. The molecule has 1 fully saturated rings. The van der Waals surface area contributed by atoms with Gasteiger partial charge in [-0.1, -0.05) is 5.16 Å². The number of nitrogens with one attached hydrogen (secondary N) is 1. The fraction of sp³-hybridized carbons (Fsp3) is 0.833. The number of alkyl halides is 1. The third-order valence-corrected chi connectivity index (χ3v) is 2.30. The number of oxime groups is 1. The second-order valence-corrected chi connectivity index (χ2v) is 2.89. The average molecular weight is 161 g/mol. The lowest BCUT2D eigenvalue weighted by atomic mass is 10.0. The van der Waals surface area contributed by atoms with E-state index in [-0.39, 0.29) is 6.10 Å². The van der Waals surface area contributed by atoms with Gasteiger partial charge in [0, 0.05) is 13.1 Å². The van der Waals surface area contributed by atoms with E-state index in [2.05, 4.69) is 10.5 Å². The monoisotopic (exact) mass is 160 g/mol. The quantitative estimate of drug-likeness (QED) is 0.556. The van der Waals surface area contributed by atoms with Crippen LogP contribution in [0.15, 0.2) is 5.16 Å². The second-order valence-electron chi connectivity index (χ2n) is 2.62. The number of fused-ring (bicyclic) bond motifs is 1. The van der Waals surface area contributed by atoms with E-state index in [9.17, 15) is 0 Å². The minimum absolute atomic E-state index is 0.258. The van der Waals surface area contributed by atoms with Gasteiger partial charge in [0.15, 0.2) is 0 Å². The molecule has 2 rings (SSSR count). The molecule has 0 amide bonds. The van der Waals surface area contributed by atoms with Crippen LogP contribution in [0.3, 0.4) is 0 Å². The maximum Gasteiger partial charge on any atom is 0.149 e. The molecule has 0 bridgehead atoms. The number of halogens is 1. The highest BCUT2D eigenvalue weighted by molar-refractivity contribution is 6.29. The van der Waals surface area contributed by atoms with Crippen LogP contribution >= 0.6 is 11.6 Å². The minimum Gasteiger partial charge on any atom is -0.390 e. The summed E-state index contributed by atoms with van der Waals surface area (Å²) in [5.74, 6) is 0.945. The van der Waals surface area contributed by atoms with E-state index in [1.54, 1.807) is 0 Å². The van der Waals surface area contributed by atoms with Crippen molar-refractivity contribution in [3.05, 3.63) is 0 Å². The van der Waals surface area contributed by atoms with Crippen LogP contribution in [0.5, 0.6) is 0 Å². The zero-order valence-corrected chi connectivity index (χ0v) is 6.27. The first-order valence-electron chi connectivity index (χ1n) is 3.41. The largest absolute Gasteiger partial charge is 0.390 e. The summed E-state index contributed by atoms with van der Waals surface area (Å²) in [5.41, 5.74) is 0.997. The van der Waals surface area contributed by atoms with Gasteiger partial charge in [-0.2, -0.15) is 0 Å². The molecule has 0 spiro atoms. The fourth-order valence-electron chi connectivity index (χ4n) is 1.42. The van der Waals surface area contributed by atoms with Gasteiger partial charge in [0.05, 0.1) is 17.5 Å². The van der Waals surface area contributed by atoms with Crippen molar-refractivity contribution in [2.24, 2.45) is 11.1 Å². The van der Waals surface area contributed by atoms with E-state index < -0.39 is 0 Å². The van der Waals surface area contributed by atoms with Crippen LogP contribution in [-0.2, 0) is 4.84 Å². The summed E-state index contributed by atoms with van der Waals surface area (Å²) in [5, 5.41) is 7.11. The topological polar surface area (TPSA) is 33.6 Å². The third kappa shape index (κ3) is 0.812. The predicted molar refractivity (Wildman–Crippen MR) is 39.4 cm³/mol. The van der Waals surface area contributed by atoms with Crippen LogP contribution in [0.2, 0.25) is 0 Å². The third-order valence-electron chi connectivity index (χ3n) is 2.03. The van der Waals surface area contributed by atoms with E-state index >= 15 is 0 Å². The molecule has 0 aromatic rings. The van der Waals surface area contributed by atoms with Crippen molar-refractivity contribution in [3.63, 3.8) is 0 Å². The highest BCUT2D eigenvalue weighted by Crippen LogP contribution is 2.21. The van der Waals surface area contributed by atoms with Gasteiger partial charge < -0.3 is 10.2 Å². The van der Waals surface area contributed by atoms with Crippen molar-refractivity contribution >= 4 is 17.3 Å². The van der Waals surface area contributed by atoms with E-state index in [0.717, 1.165) is 18.8 Å². The highest BCUT2D eigenvalue weighted by Gasteiger charge is 2.37. The van der Waals surface area contributed by atoms with Gasteiger partial charge in [-0.15, -0.1) is 11.6 Å². The molecular formula is C6H9ClN2O. The number of hydrogen-bond donors (Lipinski definition) is 1. The van der Waals surface area contributed by atoms with E-state index in [1.807, 2.05) is 0 Å². The molecule has 1 saturated heterocycles. The Bertz CT molecular complexity index is 171. The first-order valence-corrected chi connectivity index (χ1v) is 3.94. The Labute approximate surface area is 64.4 Å². The van der Waals surface area contributed by atoms with Crippen molar-refractivity contribution in [1.29, 1.82) is 0 Å². The molecule has 0 aromatic carbocycles. The smallest absolute Gasteiger partial charge is 0.149 e. The number of rotatable bonds is 1. The normalized spacial score (nSPS) is 37.1. The van der Waals surface area contributed by atoms with Crippen molar-refractivity contribution < 1.29 is 4.84 Å². The van der Waals surface area contributed by atoms with Crippen LogP contribution in [0.1, 0.15) is 0 Å². The second kappa shape index (κ2) is 2.40. The molecule has 2 aliphatic rings. The van der Waals surface area contributed by atoms with E-state index in [0.29, 0.717) is 11.8 Å². The lowest BCUT2D eigenvalue weighted by molar-refractivity contribution is 0.0841. The molecule has 0 saturated carbocycles. The lowest BCUT2D eigenvalue weighted by Crippen LogP contribution is -2.21.